The SMILES string of the molecule is CCN(CC(=O)NNC(=O)[C@H](C)NS(C)(=O)=O)c1ccccc1. The van der Waals surface area contributed by atoms with E-state index in [2.05, 4.69) is 15.6 Å². The maximum atomic E-state index is 11.9. The van der Waals surface area contributed by atoms with Crippen LogP contribution in [-0.2, 0) is 19.6 Å². The maximum Gasteiger partial charge on any atom is 0.257 e. The Labute approximate surface area is 136 Å². The lowest BCUT2D eigenvalue weighted by atomic mass is 10.3. The van der Waals surface area contributed by atoms with Gasteiger partial charge in [0.1, 0.15) is 0 Å². The number of hydrogen-bond acceptors (Lipinski definition) is 5. The van der Waals surface area contributed by atoms with Gasteiger partial charge in [-0.05, 0) is 26.0 Å². The van der Waals surface area contributed by atoms with Crippen molar-refractivity contribution in [2.24, 2.45) is 0 Å². The molecule has 0 fully saturated rings. The van der Waals surface area contributed by atoms with Gasteiger partial charge in [-0.2, -0.15) is 0 Å². The summed E-state index contributed by atoms with van der Waals surface area (Å²) < 4.78 is 24.2. The minimum atomic E-state index is -3.50. The molecule has 0 saturated heterocycles. The molecule has 23 heavy (non-hydrogen) atoms. The second kappa shape index (κ2) is 8.49. The summed E-state index contributed by atoms with van der Waals surface area (Å²) in [5, 5.41) is 0. The molecular weight excluding hydrogens is 320 g/mol. The van der Waals surface area contributed by atoms with Gasteiger partial charge >= 0.3 is 0 Å². The normalized spacial score (nSPS) is 12.3. The van der Waals surface area contributed by atoms with Crippen LogP contribution in [-0.4, -0.2) is 45.6 Å². The fourth-order valence-corrected chi connectivity index (χ4v) is 2.60. The van der Waals surface area contributed by atoms with Crippen LogP contribution in [0.25, 0.3) is 0 Å². The van der Waals surface area contributed by atoms with Gasteiger partial charge in [0, 0.05) is 12.2 Å². The van der Waals surface area contributed by atoms with Gasteiger partial charge in [-0.15, -0.1) is 0 Å². The summed E-state index contributed by atoms with van der Waals surface area (Å²) in [5.41, 5.74) is 5.35. The van der Waals surface area contributed by atoms with E-state index in [0.29, 0.717) is 6.54 Å². The average molecular weight is 342 g/mol. The molecule has 2 amide bonds. The van der Waals surface area contributed by atoms with E-state index in [0.717, 1.165) is 11.9 Å². The molecule has 0 aliphatic heterocycles. The van der Waals surface area contributed by atoms with Crippen molar-refractivity contribution in [3.8, 4) is 0 Å². The van der Waals surface area contributed by atoms with Crippen molar-refractivity contribution in [2.75, 3.05) is 24.2 Å². The number of anilines is 1. The molecule has 9 heteroatoms. The minimum absolute atomic E-state index is 0.0642. The van der Waals surface area contributed by atoms with Gasteiger partial charge in [-0.3, -0.25) is 20.4 Å². The van der Waals surface area contributed by atoms with E-state index in [1.807, 2.05) is 42.2 Å². The molecule has 0 heterocycles. The molecule has 0 spiro atoms. The lowest BCUT2D eigenvalue weighted by Crippen LogP contribution is -2.52. The van der Waals surface area contributed by atoms with Crippen molar-refractivity contribution >= 4 is 27.5 Å². The van der Waals surface area contributed by atoms with Crippen LogP contribution in [0.3, 0.4) is 0 Å². The highest BCUT2D eigenvalue weighted by Gasteiger charge is 2.17. The molecule has 1 aromatic carbocycles. The van der Waals surface area contributed by atoms with Crippen molar-refractivity contribution in [3.05, 3.63) is 30.3 Å². The van der Waals surface area contributed by atoms with E-state index in [4.69, 9.17) is 0 Å². The summed E-state index contributed by atoms with van der Waals surface area (Å²) in [5.74, 6) is -1.05. The summed E-state index contributed by atoms with van der Waals surface area (Å²) in [6, 6.07) is 8.41. The predicted octanol–water partition coefficient (Wildman–Crippen LogP) is -0.402. The van der Waals surface area contributed by atoms with Crippen LogP contribution in [0.5, 0.6) is 0 Å². The molecule has 0 aliphatic carbocycles. The van der Waals surface area contributed by atoms with Gasteiger partial charge in [0.2, 0.25) is 10.0 Å². The lowest BCUT2D eigenvalue weighted by molar-refractivity contribution is -0.128. The molecule has 0 aliphatic rings. The van der Waals surface area contributed by atoms with Gasteiger partial charge < -0.3 is 4.90 Å². The molecule has 8 nitrogen and oxygen atoms in total. The molecule has 1 atom stereocenters. The van der Waals surface area contributed by atoms with Gasteiger partial charge in [0.15, 0.2) is 0 Å². The Balaban J connectivity index is 2.48. The monoisotopic (exact) mass is 342 g/mol. The van der Waals surface area contributed by atoms with Gasteiger partial charge in [-0.25, -0.2) is 13.1 Å². The van der Waals surface area contributed by atoms with Crippen molar-refractivity contribution in [1.82, 2.24) is 15.6 Å². The van der Waals surface area contributed by atoms with Crippen molar-refractivity contribution in [3.63, 3.8) is 0 Å². The van der Waals surface area contributed by atoms with Crippen LogP contribution < -0.4 is 20.5 Å². The summed E-state index contributed by atoms with van der Waals surface area (Å²) in [6.07, 6.45) is 0.953. The molecule has 0 aromatic heterocycles. The number of amides is 2. The fourth-order valence-electron chi connectivity index (χ4n) is 1.85. The quantitative estimate of drug-likeness (QED) is 0.584. The van der Waals surface area contributed by atoms with Crippen molar-refractivity contribution in [1.29, 1.82) is 0 Å². The summed E-state index contributed by atoms with van der Waals surface area (Å²) in [4.78, 5) is 25.4. The third-order valence-electron chi connectivity index (χ3n) is 2.95. The van der Waals surface area contributed by atoms with Crippen LogP contribution in [0, 0.1) is 0 Å². The molecule has 1 rings (SSSR count). The predicted molar refractivity (Wildman–Crippen MR) is 88.1 cm³/mol. The number of carbonyl (C=O) groups is 2. The number of nitrogens with one attached hydrogen (secondary N) is 3. The molecule has 0 saturated carbocycles. The van der Waals surface area contributed by atoms with E-state index in [1.165, 1.54) is 6.92 Å². The van der Waals surface area contributed by atoms with E-state index < -0.39 is 27.9 Å². The van der Waals surface area contributed by atoms with Gasteiger partial charge in [0.05, 0.1) is 18.8 Å². The third-order valence-corrected chi connectivity index (χ3v) is 3.73. The number of hydrogen-bond donors (Lipinski definition) is 3. The number of benzene rings is 1. The number of rotatable bonds is 7. The van der Waals surface area contributed by atoms with Crippen LogP contribution in [0.2, 0.25) is 0 Å². The highest BCUT2D eigenvalue weighted by Crippen LogP contribution is 2.11. The molecular formula is C14H22N4O4S. The third kappa shape index (κ3) is 7.11. The molecule has 0 unspecified atom stereocenters. The Morgan fingerprint density at radius 3 is 2.30 bits per heavy atom. The Morgan fingerprint density at radius 2 is 1.78 bits per heavy atom. The van der Waals surface area contributed by atoms with Crippen molar-refractivity contribution < 1.29 is 18.0 Å². The number of carbonyl (C=O) groups excluding carboxylic acids is 2. The van der Waals surface area contributed by atoms with Crippen LogP contribution in [0.15, 0.2) is 30.3 Å². The first-order chi connectivity index (χ1) is 10.7. The summed E-state index contributed by atoms with van der Waals surface area (Å²) in [6.45, 7) is 3.98. The second-order valence-electron chi connectivity index (χ2n) is 5.00. The minimum Gasteiger partial charge on any atom is -0.362 e. The number of nitrogens with zero attached hydrogens (tertiary/aromatic N) is 1. The topological polar surface area (TPSA) is 108 Å². The van der Waals surface area contributed by atoms with E-state index >= 15 is 0 Å². The molecule has 0 radical (unpaired) electrons. The van der Waals surface area contributed by atoms with Crippen LogP contribution >= 0.6 is 0 Å². The largest absolute Gasteiger partial charge is 0.362 e. The number of likely N-dealkylation sites (N-methyl/N-ethyl adjacent to an activating group) is 1. The Hall–Kier alpha value is -2.13. The smallest absolute Gasteiger partial charge is 0.257 e. The standard InChI is InChI=1S/C14H22N4O4S/c1-4-18(12-8-6-5-7-9-12)10-13(19)15-16-14(20)11(2)17-23(3,21)22/h5-9,11,17H,4,10H2,1-3H3,(H,15,19)(H,16,20)/t11-/m0/s1. The Morgan fingerprint density at radius 1 is 1.17 bits per heavy atom. The Bertz CT molecular complexity index is 633. The maximum absolute atomic E-state index is 11.9. The first-order valence-electron chi connectivity index (χ1n) is 7.09. The molecule has 0 bridgehead atoms. The zero-order chi connectivity index (χ0) is 17.5. The number of sulfonamides is 1. The second-order valence-corrected chi connectivity index (χ2v) is 6.78. The Kier molecular flexibility index (Phi) is 6.98. The first kappa shape index (κ1) is 18.9. The zero-order valence-corrected chi connectivity index (χ0v) is 14.2. The lowest BCUT2D eigenvalue weighted by Gasteiger charge is -2.22. The van der Waals surface area contributed by atoms with Crippen LogP contribution in [0.1, 0.15) is 13.8 Å². The molecule has 128 valence electrons. The van der Waals surface area contributed by atoms with Crippen molar-refractivity contribution in [2.45, 2.75) is 19.9 Å². The fraction of sp³-hybridized carbons (Fsp3) is 0.429. The summed E-state index contributed by atoms with van der Waals surface area (Å²) in [7, 11) is -3.50. The van der Waals surface area contributed by atoms with E-state index in [9.17, 15) is 18.0 Å². The average Bonchev–Trinajstić information content (AvgIpc) is 2.49. The van der Waals surface area contributed by atoms with Gasteiger partial charge in [0.25, 0.3) is 11.8 Å². The van der Waals surface area contributed by atoms with E-state index in [-0.39, 0.29) is 6.54 Å². The number of para-hydroxylation sites is 1. The molecule has 1 aromatic rings. The molecule has 3 N–H and O–H groups in total. The number of hydrazine groups is 1. The highest BCUT2D eigenvalue weighted by molar-refractivity contribution is 7.88. The summed E-state index contributed by atoms with van der Waals surface area (Å²) >= 11 is 0. The highest BCUT2D eigenvalue weighted by atomic mass is 32.2. The van der Waals surface area contributed by atoms with Crippen LogP contribution in [0.4, 0.5) is 5.69 Å². The van der Waals surface area contributed by atoms with E-state index in [1.54, 1.807) is 0 Å². The van der Waals surface area contributed by atoms with Gasteiger partial charge in [-0.1, -0.05) is 18.2 Å². The first-order valence-corrected chi connectivity index (χ1v) is 8.98. The zero-order valence-electron chi connectivity index (χ0n) is 13.4.